The Hall–Kier alpha value is -3.64. The summed E-state index contributed by atoms with van der Waals surface area (Å²) in [6.07, 6.45) is 1.85. The zero-order chi connectivity index (χ0) is 23.7. The number of nitrogens with one attached hydrogen (secondary N) is 1. The van der Waals surface area contributed by atoms with Gasteiger partial charge < -0.3 is 19.5 Å². The van der Waals surface area contributed by atoms with E-state index in [2.05, 4.69) is 46.6 Å². The number of hydrogen-bond acceptors (Lipinski definition) is 3. The number of aryl methyl sites for hydroxylation is 1. The van der Waals surface area contributed by atoms with Crippen molar-refractivity contribution in [3.05, 3.63) is 89.9 Å². The van der Waals surface area contributed by atoms with Gasteiger partial charge in [0.25, 0.3) is 5.91 Å². The number of amides is 1. The number of halogens is 1. The van der Waals surface area contributed by atoms with Crippen LogP contribution in [-0.4, -0.2) is 36.8 Å². The van der Waals surface area contributed by atoms with Crippen molar-refractivity contribution in [1.29, 1.82) is 0 Å². The fraction of sp³-hybridized carbons (Fsp3) is 0.250. The Morgan fingerprint density at radius 1 is 1.00 bits per heavy atom. The number of ether oxygens (including phenoxy) is 1. The van der Waals surface area contributed by atoms with Crippen LogP contribution in [0.25, 0.3) is 22.0 Å². The first-order valence-electron chi connectivity index (χ1n) is 11.6. The molecule has 0 saturated carbocycles. The molecule has 174 valence electrons. The summed E-state index contributed by atoms with van der Waals surface area (Å²) in [5.41, 5.74) is 5.67. The van der Waals surface area contributed by atoms with Crippen molar-refractivity contribution in [1.82, 2.24) is 9.88 Å². The largest absolute Gasteiger partial charge is 0.378 e. The molecule has 1 atom stereocenters. The summed E-state index contributed by atoms with van der Waals surface area (Å²) in [5.74, 6) is -0.491. The highest BCUT2D eigenvalue weighted by Gasteiger charge is 2.18. The number of benzene rings is 3. The van der Waals surface area contributed by atoms with Crippen LogP contribution in [0.2, 0.25) is 0 Å². The molecule has 34 heavy (non-hydrogen) atoms. The average molecular weight is 458 g/mol. The third-order valence-corrected chi connectivity index (χ3v) is 6.51. The summed E-state index contributed by atoms with van der Waals surface area (Å²) in [6, 6.07) is 20.8. The van der Waals surface area contributed by atoms with Crippen molar-refractivity contribution < 1.29 is 13.9 Å². The van der Waals surface area contributed by atoms with Crippen molar-refractivity contribution in [2.45, 2.75) is 13.0 Å². The van der Waals surface area contributed by atoms with Gasteiger partial charge in [0.15, 0.2) is 0 Å². The van der Waals surface area contributed by atoms with Gasteiger partial charge in [0.1, 0.15) is 5.82 Å². The van der Waals surface area contributed by atoms with Crippen molar-refractivity contribution in [2.24, 2.45) is 7.05 Å². The summed E-state index contributed by atoms with van der Waals surface area (Å²) < 4.78 is 21.0. The Morgan fingerprint density at radius 3 is 2.47 bits per heavy atom. The molecule has 0 spiro atoms. The number of morpholine rings is 1. The average Bonchev–Trinajstić information content (AvgIpc) is 3.20. The molecule has 1 aliphatic rings. The Labute approximate surface area is 198 Å². The maximum atomic E-state index is 13.6. The first kappa shape index (κ1) is 22.2. The van der Waals surface area contributed by atoms with Crippen molar-refractivity contribution in [3.63, 3.8) is 0 Å². The van der Waals surface area contributed by atoms with Gasteiger partial charge in [-0.25, -0.2) is 4.39 Å². The molecule has 6 heteroatoms. The second-order valence-electron chi connectivity index (χ2n) is 8.78. The molecule has 5 nitrogen and oxygen atoms in total. The summed E-state index contributed by atoms with van der Waals surface area (Å²) in [7, 11) is 1.94. The highest BCUT2D eigenvalue weighted by Crippen LogP contribution is 2.30. The van der Waals surface area contributed by atoms with E-state index in [1.165, 1.54) is 17.8 Å². The normalized spacial score (nSPS) is 14.9. The van der Waals surface area contributed by atoms with E-state index in [1.54, 1.807) is 6.07 Å². The zero-order valence-electron chi connectivity index (χ0n) is 19.4. The molecular formula is C28H28FN3O2. The number of rotatable bonds is 5. The van der Waals surface area contributed by atoms with Gasteiger partial charge in [-0.3, -0.25) is 4.79 Å². The number of anilines is 1. The predicted octanol–water partition coefficient (Wildman–Crippen LogP) is 5.31. The Morgan fingerprint density at radius 2 is 1.74 bits per heavy atom. The molecule has 0 bridgehead atoms. The van der Waals surface area contributed by atoms with E-state index < -0.39 is 0 Å². The molecule has 1 saturated heterocycles. The van der Waals surface area contributed by atoms with Crippen LogP contribution in [0.1, 0.15) is 28.9 Å². The van der Waals surface area contributed by atoms with Gasteiger partial charge in [-0.2, -0.15) is 0 Å². The maximum absolute atomic E-state index is 13.6. The third kappa shape index (κ3) is 4.41. The lowest BCUT2D eigenvalue weighted by atomic mass is 10.0. The van der Waals surface area contributed by atoms with Gasteiger partial charge in [0, 0.05) is 42.9 Å². The highest BCUT2D eigenvalue weighted by atomic mass is 19.1. The Kier molecular flexibility index (Phi) is 6.07. The van der Waals surface area contributed by atoms with Crippen LogP contribution < -0.4 is 10.2 Å². The molecule has 1 N–H and O–H groups in total. The van der Waals surface area contributed by atoms with Gasteiger partial charge in [0.05, 0.1) is 24.8 Å². The summed E-state index contributed by atoms with van der Waals surface area (Å²) in [6.45, 7) is 5.19. The zero-order valence-corrected chi connectivity index (χ0v) is 19.4. The summed E-state index contributed by atoms with van der Waals surface area (Å²) >= 11 is 0. The van der Waals surface area contributed by atoms with Crippen molar-refractivity contribution >= 4 is 22.5 Å². The first-order chi connectivity index (χ1) is 16.5. The van der Waals surface area contributed by atoms with Crippen LogP contribution in [0.5, 0.6) is 0 Å². The minimum atomic E-state index is -0.312. The minimum Gasteiger partial charge on any atom is -0.378 e. The van der Waals surface area contributed by atoms with E-state index >= 15 is 0 Å². The van der Waals surface area contributed by atoms with E-state index in [1.807, 2.05) is 36.9 Å². The van der Waals surface area contributed by atoms with E-state index in [9.17, 15) is 9.18 Å². The van der Waals surface area contributed by atoms with Gasteiger partial charge in [-0.1, -0.05) is 30.3 Å². The maximum Gasteiger partial charge on any atom is 0.253 e. The first-order valence-corrected chi connectivity index (χ1v) is 11.6. The second kappa shape index (κ2) is 9.31. The van der Waals surface area contributed by atoms with Crippen molar-refractivity contribution in [2.75, 3.05) is 31.2 Å². The van der Waals surface area contributed by atoms with Crippen LogP contribution in [0.3, 0.4) is 0 Å². The predicted molar refractivity (Wildman–Crippen MR) is 134 cm³/mol. The topological polar surface area (TPSA) is 46.5 Å². The SMILES string of the molecule is C[C@H](NC(=O)c1cn(C)c2ccc(-c3ccc(N4CCOCC4)cc3)cc12)c1cccc(F)c1. The lowest BCUT2D eigenvalue weighted by Gasteiger charge is -2.28. The van der Waals surface area contributed by atoms with Crippen LogP contribution >= 0.6 is 0 Å². The molecule has 0 radical (unpaired) electrons. The van der Waals surface area contributed by atoms with E-state index in [-0.39, 0.29) is 17.8 Å². The summed E-state index contributed by atoms with van der Waals surface area (Å²) in [5, 5.41) is 3.90. The van der Waals surface area contributed by atoms with E-state index in [0.29, 0.717) is 5.56 Å². The monoisotopic (exact) mass is 457 g/mol. The molecule has 1 amide bonds. The summed E-state index contributed by atoms with van der Waals surface area (Å²) in [4.78, 5) is 15.5. The van der Waals surface area contributed by atoms with Gasteiger partial charge in [0.2, 0.25) is 0 Å². The molecule has 1 aromatic heterocycles. The number of carbonyl (C=O) groups excluding carboxylic acids is 1. The number of aromatic nitrogens is 1. The number of hydrogen-bond donors (Lipinski definition) is 1. The molecule has 0 unspecified atom stereocenters. The molecule has 3 aromatic carbocycles. The number of carbonyl (C=O) groups is 1. The third-order valence-electron chi connectivity index (χ3n) is 6.51. The molecule has 4 aromatic rings. The lowest BCUT2D eigenvalue weighted by Crippen LogP contribution is -2.36. The van der Waals surface area contributed by atoms with Gasteiger partial charge >= 0.3 is 0 Å². The molecule has 2 heterocycles. The molecule has 5 rings (SSSR count). The standard InChI is InChI=1S/C28H28FN3O2/c1-19(21-4-3-5-23(29)16-21)30-28(33)26-18-31(2)27-11-8-22(17-25(26)27)20-6-9-24(10-7-20)32-12-14-34-15-13-32/h3-11,16-19H,12-15H2,1-2H3,(H,30,33)/t19-/m0/s1. The smallest absolute Gasteiger partial charge is 0.253 e. The number of nitrogens with zero attached hydrogens (tertiary/aromatic N) is 2. The molecular weight excluding hydrogens is 429 g/mol. The second-order valence-corrected chi connectivity index (χ2v) is 8.78. The lowest BCUT2D eigenvalue weighted by molar-refractivity contribution is 0.0941. The number of fused-ring (bicyclic) bond motifs is 1. The van der Waals surface area contributed by atoms with Crippen LogP contribution in [-0.2, 0) is 11.8 Å². The highest BCUT2D eigenvalue weighted by molar-refractivity contribution is 6.08. The van der Waals surface area contributed by atoms with Crippen LogP contribution in [0.4, 0.5) is 10.1 Å². The van der Waals surface area contributed by atoms with Gasteiger partial charge in [-0.15, -0.1) is 0 Å². The molecule has 1 aliphatic heterocycles. The fourth-order valence-corrected chi connectivity index (χ4v) is 4.57. The van der Waals surface area contributed by atoms with Crippen molar-refractivity contribution in [3.8, 4) is 11.1 Å². The van der Waals surface area contributed by atoms with Crippen LogP contribution in [0, 0.1) is 5.82 Å². The Bertz CT molecular complexity index is 1320. The fourth-order valence-electron chi connectivity index (χ4n) is 4.57. The van der Waals surface area contributed by atoms with Crippen LogP contribution in [0.15, 0.2) is 72.9 Å². The quantitative estimate of drug-likeness (QED) is 0.442. The Balaban J connectivity index is 1.41. The molecule has 0 aliphatic carbocycles. The van der Waals surface area contributed by atoms with Gasteiger partial charge in [-0.05, 0) is 60.0 Å². The van der Waals surface area contributed by atoms with E-state index in [0.717, 1.165) is 53.9 Å². The van der Waals surface area contributed by atoms with E-state index in [4.69, 9.17) is 4.74 Å². The molecule has 1 fully saturated rings. The minimum absolute atomic E-state index is 0.179.